The van der Waals surface area contributed by atoms with Crippen molar-refractivity contribution in [2.24, 2.45) is 7.05 Å². The summed E-state index contributed by atoms with van der Waals surface area (Å²) in [4.78, 5) is 31.1. The third-order valence-electron chi connectivity index (χ3n) is 4.74. The smallest absolute Gasteiger partial charge is 0.264 e. The maximum Gasteiger partial charge on any atom is 0.264 e. The molecule has 27 heavy (non-hydrogen) atoms. The van der Waals surface area contributed by atoms with Gasteiger partial charge < -0.3 is 4.90 Å². The van der Waals surface area contributed by atoms with E-state index in [0.717, 1.165) is 16.3 Å². The Morgan fingerprint density at radius 1 is 1.11 bits per heavy atom. The van der Waals surface area contributed by atoms with Crippen LogP contribution in [0.25, 0.3) is 21.8 Å². The van der Waals surface area contributed by atoms with Crippen molar-refractivity contribution in [2.75, 3.05) is 7.05 Å². The molecule has 2 heterocycles. The molecule has 0 N–H and O–H groups in total. The first-order valence-corrected chi connectivity index (χ1v) is 8.62. The summed E-state index contributed by atoms with van der Waals surface area (Å²) in [7, 11) is 3.47. The number of amides is 1. The molecule has 7 heteroatoms. The minimum absolute atomic E-state index is 0.0576. The Morgan fingerprint density at radius 3 is 2.74 bits per heavy atom. The number of benzene rings is 2. The molecule has 1 amide bonds. The van der Waals surface area contributed by atoms with Crippen molar-refractivity contribution in [3.8, 4) is 0 Å². The van der Waals surface area contributed by atoms with Gasteiger partial charge in [-0.25, -0.2) is 4.98 Å². The van der Waals surface area contributed by atoms with E-state index in [1.807, 2.05) is 30.3 Å². The molecule has 0 aliphatic carbocycles. The lowest BCUT2D eigenvalue weighted by atomic mass is 10.0. The van der Waals surface area contributed by atoms with Crippen molar-refractivity contribution in [3.63, 3.8) is 0 Å². The average Bonchev–Trinajstić information content (AvgIpc) is 3.06. The second-order valence-electron chi connectivity index (χ2n) is 6.57. The Hall–Kier alpha value is -3.48. The zero-order chi connectivity index (χ0) is 19.0. The van der Waals surface area contributed by atoms with Crippen molar-refractivity contribution < 1.29 is 4.79 Å². The average molecular weight is 361 g/mol. The van der Waals surface area contributed by atoms with Crippen LogP contribution < -0.4 is 5.56 Å². The van der Waals surface area contributed by atoms with Gasteiger partial charge >= 0.3 is 0 Å². The van der Waals surface area contributed by atoms with Crippen LogP contribution in [0.4, 0.5) is 0 Å². The number of carbonyl (C=O) groups excluding carboxylic acids is 1. The van der Waals surface area contributed by atoms with Crippen molar-refractivity contribution in [2.45, 2.75) is 13.1 Å². The molecule has 0 bridgehead atoms. The molecular formula is C20H19N5O2. The van der Waals surface area contributed by atoms with Gasteiger partial charge in [0.2, 0.25) is 5.91 Å². The van der Waals surface area contributed by atoms with E-state index in [0.29, 0.717) is 17.6 Å². The van der Waals surface area contributed by atoms with Crippen LogP contribution in [0.2, 0.25) is 0 Å². The van der Waals surface area contributed by atoms with Crippen LogP contribution in [0.5, 0.6) is 0 Å². The number of likely N-dealkylation sites (N-methyl/N-ethyl adjacent to an activating group) is 1. The number of nitrogens with zero attached hydrogens (tertiary/aromatic N) is 5. The van der Waals surface area contributed by atoms with Crippen LogP contribution in [-0.2, 0) is 24.9 Å². The first-order chi connectivity index (χ1) is 13.0. The molecule has 0 saturated heterocycles. The van der Waals surface area contributed by atoms with E-state index >= 15 is 0 Å². The minimum Gasteiger partial charge on any atom is -0.340 e. The van der Waals surface area contributed by atoms with Crippen molar-refractivity contribution in [3.05, 3.63) is 70.9 Å². The number of aryl methyl sites for hydroxylation is 1. The molecule has 0 unspecified atom stereocenters. The number of rotatable bonds is 4. The molecule has 0 atom stereocenters. The van der Waals surface area contributed by atoms with E-state index in [2.05, 4.69) is 22.2 Å². The highest BCUT2D eigenvalue weighted by molar-refractivity contribution is 5.86. The topological polar surface area (TPSA) is 73.0 Å². The molecule has 4 aromatic rings. The van der Waals surface area contributed by atoms with Crippen LogP contribution in [0, 0.1) is 0 Å². The first kappa shape index (κ1) is 17.0. The molecule has 0 fully saturated rings. The summed E-state index contributed by atoms with van der Waals surface area (Å²) in [6.45, 7) is 0.412. The quantitative estimate of drug-likeness (QED) is 0.557. The van der Waals surface area contributed by atoms with E-state index in [1.54, 1.807) is 19.0 Å². The number of fused-ring (bicyclic) bond motifs is 2. The lowest BCUT2D eigenvalue weighted by molar-refractivity contribution is -0.131. The predicted octanol–water partition coefficient (Wildman–Crippen LogP) is 1.94. The summed E-state index contributed by atoms with van der Waals surface area (Å²) in [5.74, 6) is -0.157. The molecule has 0 saturated carbocycles. The molecule has 0 radical (unpaired) electrons. The Bertz CT molecular complexity index is 1200. The second-order valence-corrected chi connectivity index (χ2v) is 6.57. The van der Waals surface area contributed by atoms with Gasteiger partial charge in [0.15, 0.2) is 5.65 Å². The third-order valence-corrected chi connectivity index (χ3v) is 4.74. The summed E-state index contributed by atoms with van der Waals surface area (Å²) in [6, 6.07) is 14.1. The monoisotopic (exact) mass is 361 g/mol. The molecule has 2 aromatic carbocycles. The zero-order valence-electron chi connectivity index (χ0n) is 15.2. The SMILES string of the molecule is CN(Cc1cccc2ccccc12)C(=O)Cn1cnc2c(cnn2C)c1=O. The zero-order valence-corrected chi connectivity index (χ0v) is 15.2. The largest absolute Gasteiger partial charge is 0.340 e. The van der Waals surface area contributed by atoms with Crippen molar-refractivity contribution in [1.29, 1.82) is 0 Å². The molecule has 136 valence electrons. The molecular weight excluding hydrogens is 342 g/mol. The van der Waals surface area contributed by atoms with Gasteiger partial charge in [-0.15, -0.1) is 0 Å². The summed E-state index contributed by atoms with van der Waals surface area (Å²) < 4.78 is 2.86. The fourth-order valence-corrected chi connectivity index (χ4v) is 3.22. The number of carbonyl (C=O) groups is 1. The van der Waals surface area contributed by atoms with Gasteiger partial charge in [0.1, 0.15) is 18.3 Å². The molecule has 7 nitrogen and oxygen atoms in total. The Morgan fingerprint density at radius 2 is 1.89 bits per heavy atom. The highest BCUT2D eigenvalue weighted by Crippen LogP contribution is 2.19. The summed E-state index contributed by atoms with van der Waals surface area (Å²) in [5, 5.41) is 6.71. The van der Waals surface area contributed by atoms with Gasteiger partial charge in [-0.05, 0) is 16.3 Å². The first-order valence-electron chi connectivity index (χ1n) is 8.62. The van der Waals surface area contributed by atoms with E-state index in [4.69, 9.17) is 0 Å². The summed E-state index contributed by atoms with van der Waals surface area (Å²) in [5.41, 5.74) is 1.31. The van der Waals surface area contributed by atoms with E-state index in [9.17, 15) is 9.59 Å². The lowest BCUT2D eigenvalue weighted by Crippen LogP contribution is -2.33. The van der Waals surface area contributed by atoms with E-state index in [1.165, 1.54) is 21.8 Å². The molecule has 4 rings (SSSR count). The second kappa shape index (κ2) is 6.68. The predicted molar refractivity (Wildman–Crippen MR) is 103 cm³/mol. The highest BCUT2D eigenvalue weighted by Gasteiger charge is 2.14. The number of hydrogen-bond acceptors (Lipinski definition) is 4. The molecule has 0 aliphatic heterocycles. The van der Waals surface area contributed by atoms with Crippen LogP contribution in [0.15, 0.2) is 59.8 Å². The van der Waals surface area contributed by atoms with Gasteiger partial charge in [0.25, 0.3) is 5.56 Å². The molecule has 0 spiro atoms. The Kier molecular flexibility index (Phi) is 4.19. The maximum atomic E-state index is 12.7. The Labute approximate surface area is 155 Å². The van der Waals surface area contributed by atoms with Gasteiger partial charge in [0, 0.05) is 20.6 Å². The fraction of sp³-hybridized carbons (Fsp3) is 0.200. The standard InChI is InChI=1S/C20H19N5O2/c1-23(11-15-8-5-7-14-6-3-4-9-16(14)15)18(26)12-25-13-21-19-17(20(25)27)10-22-24(19)2/h3-10,13H,11-12H2,1-2H3. The lowest BCUT2D eigenvalue weighted by Gasteiger charge is -2.19. The van der Waals surface area contributed by atoms with E-state index < -0.39 is 0 Å². The van der Waals surface area contributed by atoms with E-state index in [-0.39, 0.29) is 18.0 Å². The summed E-state index contributed by atoms with van der Waals surface area (Å²) >= 11 is 0. The summed E-state index contributed by atoms with van der Waals surface area (Å²) in [6.07, 6.45) is 2.88. The van der Waals surface area contributed by atoms with Crippen molar-refractivity contribution >= 4 is 27.7 Å². The maximum absolute atomic E-state index is 12.7. The van der Waals surface area contributed by atoms with Gasteiger partial charge in [-0.2, -0.15) is 5.10 Å². The van der Waals surface area contributed by atoms with Crippen molar-refractivity contribution in [1.82, 2.24) is 24.2 Å². The number of hydrogen-bond donors (Lipinski definition) is 0. The van der Waals surface area contributed by atoms with Crippen LogP contribution in [0.3, 0.4) is 0 Å². The minimum atomic E-state index is -0.264. The van der Waals surface area contributed by atoms with Crippen LogP contribution in [-0.4, -0.2) is 37.2 Å². The molecule has 2 aromatic heterocycles. The van der Waals surface area contributed by atoms with Gasteiger partial charge in [-0.1, -0.05) is 42.5 Å². The Balaban J connectivity index is 1.56. The fourth-order valence-electron chi connectivity index (χ4n) is 3.22. The number of aromatic nitrogens is 4. The normalized spacial score (nSPS) is 11.2. The van der Waals surface area contributed by atoms with Gasteiger partial charge in [-0.3, -0.25) is 18.8 Å². The van der Waals surface area contributed by atoms with Gasteiger partial charge in [0.05, 0.1) is 6.20 Å². The van der Waals surface area contributed by atoms with Crippen LogP contribution in [0.1, 0.15) is 5.56 Å². The highest BCUT2D eigenvalue weighted by atomic mass is 16.2. The van der Waals surface area contributed by atoms with Crippen LogP contribution >= 0.6 is 0 Å². The molecule has 0 aliphatic rings. The third kappa shape index (κ3) is 3.08.